The molecule has 0 saturated carbocycles. The van der Waals surface area contributed by atoms with Crippen LogP contribution in [0.1, 0.15) is 15.9 Å². The number of nitrogens with zero attached hydrogens (tertiary/aromatic N) is 2. The quantitative estimate of drug-likeness (QED) is 0.836. The molecular weight excluding hydrogens is 315 g/mol. The van der Waals surface area contributed by atoms with Crippen molar-refractivity contribution in [1.29, 1.82) is 0 Å². The van der Waals surface area contributed by atoms with E-state index < -0.39 is 0 Å². The first-order chi connectivity index (χ1) is 11.1. The highest BCUT2D eigenvalue weighted by Gasteiger charge is 2.24. The van der Waals surface area contributed by atoms with Crippen LogP contribution in [0.4, 0.5) is 10.1 Å². The van der Waals surface area contributed by atoms with E-state index in [1.807, 2.05) is 24.0 Å². The SMILES string of the molecule is Cc1ccc(C(=O)N2CCN(c3ccccc3F)CC2)c(Cl)c1. The summed E-state index contributed by atoms with van der Waals surface area (Å²) in [6.07, 6.45) is 0. The highest BCUT2D eigenvalue weighted by molar-refractivity contribution is 6.33. The summed E-state index contributed by atoms with van der Waals surface area (Å²) in [4.78, 5) is 16.3. The van der Waals surface area contributed by atoms with Gasteiger partial charge in [0, 0.05) is 26.2 Å². The second kappa shape index (κ2) is 6.59. The lowest BCUT2D eigenvalue weighted by atomic mass is 10.1. The monoisotopic (exact) mass is 332 g/mol. The van der Waals surface area contributed by atoms with Gasteiger partial charge in [0.1, 0.15) is 5.82 Å². The minimum Gasteiger partial charge on any atom is -0.366 e. The lowest BCUT2D eigenvalue weighted by Gasteiger charge is -2.36. The summed E-state index contributed by atoms with van der Waals surface area (Å²) < 4.78 is 13.8. The van der Waals surface area contributed by atoms with Crippen LogP contribution in [0.25, 0.3) is 0 Å². The molecule has 0 spiro atoms. The van der Waals surface area contributed by atoms with Crippen LogP contribution >= 0.6 is 11.6 Å². The van der Waals surface area contributed by atoms with E-state index in [0.29, 0.717) is 42.5 Å². The molecule has 1 amide bonds. The summed E-state index contributed by atoms with van der Waals surface area (Å²) >= 11 is 6.18. The molecule has 0 aliphatic carbocycles. The molecule has 23 heavy (non-hydrogen) atoms. The zero-order valence-electron chi connectivity index (χ0n) is 12.9. The Morgan fingerprint density at radius 2 is 1.78 bits per heavy atom. The number of piperazine rings is 1. The molecular formula is C18H18ClFN2O. The van der Waals surface area contributed by atoms with Gasteiger partial charge in [0.25, 0.3) is 5.91 Å². The molecule has 0 bridgehead atoms. The van der Waals surface area contributed by atoms with Crippen LogP contribution in [0.5, 0.6) is 0 Å². The van der Waals surface area contributed by atoms with Gasteiger partial charge in [-0.15, -0.1) is 0 Å². The number of amides is 1. The van der Waals surface area contributed by atoms with Crippen molar-refractivity contribution in [2.75, 3.05) is 31.1 Å². The molecule has 1 saturated heterocycles. The third-order valence-corrected chi connectivity index (χ3v) is 4.43. The van der Waals surface area contributed by atoms with Crippen molar-refractivity contribution in [3.8, 4) is 0 Å². The van der Waals surface area contributed by atoms with Crippen molar-refractivity contribution >= 4 is 23.2 Å². The van der Waals surface area contributed by atoms with Gasteiger partial charge in [0.15, 0.2) is 0 Å². The molecule has 0 radical (unpaired) electrons. The number of rotatable bonds is 2. The summed E-state index contributed by atoms with van der Waals surface area (Å²) in [5.41, 5.74) is 2.14. The Hall–Kier alpha value is -2.07. The Balaban J connectivity index is 1.69. The average molecular weight is 333 g/mol. The molecule has 5 heteroatoms. The smallest absolute Gasteiger partial charge is 0.255 e. The maximum Gasteiger partial charge on any atom is 0.255 e. The molecule has 0 unspecified atom stereocenters. The van der Waals surface area contributed by atoms with E-state index >= 15 is 0 Å². The predicted octanol–water partition coefficient (Wildman–Crippen LogP) is 3.75. The van der Waals surface area contributed by atoms with Gasteiger partial charge in [0.05, 0.1) is 16.3 Å². The van der Waals surface area contributed by atoms with Crippen molar-refractivity contribution in [3.63, 3.8) is 0 Å². The number of hydrogen-bond acceptors (Lipinski definition) is 2. The van der Waals surface area contributed by atoms with Crippen LogP contribution in [0.2, 0.25) is 5.02 Å². The van der Waals surface area contributed by atoms with Crippen LogP contribution in [-0.2, 0) is 0 Å². The van der Waals surface area contributed by atoms with E-state index in [4.69, 9.17) is 11.6 Å². The van der Waals surface area contributed by atoms with Crippen LogP contribution in [0.15, 0.2) is 42.5 Å². The summed E-state index contributed by atoms with van der Waals surface area (Å²) in [5, 5.41) is 0.478. The van der Waals surface area contributed by atoms with E-state index in [-0.39, 0.29) is 11.7 Å². The lowest BCUT2D eigenvalue weighted by molar-refractivity contribution is 0.0747. The van der Waals surface area contributed by atoms with Gasteiger partial charge in [-0.05, 0) is 36.8 Å². The number of halogens is 2. The standard InChI is InChI=1S/C18H18ClFN2O/c1-13-6-7-14(15(19)12-13)18(23)22-10-8-21(9-11-22)17-5-3-2-4-16(17)20/h2-7,12H,8-11H2,1H3. The molecule has 2 aromatic carbocycles. The number of benzene rings is 2. The summed E-state index contributed by atoms with van der Waals surface area (Å²) in [6, 6.07) is 12.2. The van der Waals surface area contributed by atoms with Crippen LogP contribution in [-0.4, -0.2) is 37.0 Å². The molecule has 2 aromatic rings. The zero-order valence-corrected chi connectivity index (χ0v) is 13.7. The van der Waals surface area contributed by atoms with Gasteiger partial charge in [-0.25, -0.2) is 4.39 Å². The zero-order chi connectivity index (χ0) is 16.4. The second-order valence-corrected chi connectivity index (χ2v) is 6.12. The molecule has 1 aliphatic heterocycles. The minimum atomic E-state index is -0.228. The van der Waals surface area contributed by atoms with Gasteiger partial charge in [-0.2, -0.15) is 0 Å². The highest BCUT2D eigenvalue weighted by Crippen LogP contribution is 2.23. The number of anilines is 1. The Kier molecular flexibility index (Phi) is 4.53. The van der Waals surface area contributed by atoms with E-state index in [0.717, 1.165) is 5.56 Å². The summed E-state index contributed by atoms with van der Waals surface area (Å²) in [7, 11) is 0. The van der Waals surface area contributed by atoms with Crippen LogP contribution in [0.3, 0.4) is 0 Å². The van der Waals surface area contributed by atoms with E-state index in [1.165, 1.54) is 6.07 Å². The van der Waals surface area contributed by atoms with E-state index in [2.05, 4.69) is 0 Å². The van der Waals surface area contributed by atoms with Crippen LogP contribution < -0.4 is 4.90 Å². The molecule has 0 N–H and O–H groups in total. The Morgan fingerprint density at radius 3 is 2.43 bits per heavy atom. The molecule has 0 atom stereocenters. The predicted molar refractivity (Wildman–Crippen MR) is 90.7 cm³/mol. The summed E-state index contributed by atoms with van der Waals surface area (Å²) in [6.45, 7) is 4.26. The van der Waals surface area contributed by atoms with Crippen molar-refractivity contribution < 1.29 is 9.18 Å². The van der Waals surface area contributed by atoms with Crippen molar-refractivity contribution in [3.05, 3.63) is 64.4 Å². The Labute approximate surface area is 140 Å². The number of hydrogen-bond donors (Lipinski definition) is 0. The van der Waals surface area contributed by atoms with Gasteiger partial charge in [0.2, 0.25) is 0 Å². The number of carbonyl (C=O) groups is 1. The fourth-order valence-electron chi connectivity index (χ4n) is 2.82. The third kappa shape index (κ3) is 3.32. The molecule has 1 aliphatic rings. The molecule has 120 valence electrons. The van der Waals surface area contributed by atoms with Crippen LogP contribution in [0, 0.1) is 12.7 Å². The van der Waals surface area contributed by atoms with E-state index in [9.17, 15) is 9.18 Å². The first-order valence-corrected chi connectivity index (χ1v) is 7.99. The number of carbonyl (C=O) groups excluding carboxylic acids is 1. The maximum absolute atomic E-state index is 13.8. The number of para-hydroxylation sites is 1. The highest BCUT2D eigenvalue weighted by atomic mass is 35.5. The Morgan fingerprint density at radius 1 is 1.09 bits per heavy atom. The minimum absolute atomic E-state index is 0.0665. The number of aryl methyl sites for hydroxylation is 1. The maximum atomic E-state index is 13.8. The van der Waals surface area contributed by atoms with E-state index in [1.54, 1.807) is 29.2 Å². The molecule has 3 nitrogen and oxygen atoms in total. The molecule has 1 fully saturated rings. The van der Waals surface area contributed by atoms with Crippen molar-refractivity contribution in [2.45, 2.75) is 6.92 Å². The molecule has 1 heterocycles. The summed E-state index contributed by atoms with van der Waals surface area (Å²) in [5.74, 6) is -0.294. The fourth-order valence-corrected chi connectivity index (χ4v) is 3.14. The first kappa shape index (κ1) is 15.8. The van der Waals surface area contributed by atoms with Gasteiger partial charge >= 0.3 is 0 Å². The third-order valence-electron chi connectivity index (χ3n) is 4.12. The molecule has 3 rings (SSSR count). The van der Waals surface area contributed by atoms with Crippen molar-refractivity contribution in [2.24, 2.45) is 0 Å². The first-order valence-electron chi connectivity index (χ1n) is 7.61. The van der Waals surface area contributed by atoms with Crippen molar-refractivity contribution in [1.82, 2.24) is 4.90 Å². The second-order valence-electron chi connectivity index (χ2n) is 5.71. The van der Waals surface area contributed by atoms with Gasteiger partial charge in [-0.3, -0.25) is 4.79 Å². The fraction of sp³-hybridized carbons (Fsp3) is 0.278. The largest absolute Gasteiger partial charge is 0.366 e. The lowest BCUT2D eigenvalue weighted by Crippen LogP contribution is -2.49. The van der Waals surface area contributed by atoms with Gasteiger partial charge in [-0.1, -0.05) is 29.8 Å². The topological polar surface area (TPSA) is 23.6 Å². The van der Waals surface area contributed by atoms with Gasteiger partial charge < -0.3 is 9.80 Å². The molecule has 0 aromatic heterocycles. The average Bonchev–Trinajstić information content (AvgIpc) is 2.55. The normalized spacial score (nSPS) is 14.9. The Bertz CT molecular complexity index is 727.